The summed E-state index contributed by atoms with van der Waals surface area (Å²) >= 11 is 0. The zero-order valence-electron chi connectivity index (χ0n) is 10.7. The lowest BCUT2D eigenvalue weighted by Gasteiger charge is -2.10. The van der Waals surface area contributed by atoms with Crippen LogP contribution in [0.3, 0.4) is 0 Å². The molecule has 0 aliphatic rings. The Morgan fingerprint density at radius 3 is 2.90 bits per heavy atom. The van der Waals surface area contributed by atoms with Crippen LogP contribution in [0.1, 0.15) is 10.4 Å². The van der Waals surface area contributed by atoms with Gasteiger partial charge in [-0.05, 0) is 18.2 Å². The van der Waals surface area contributed by atoms with Crippen LogP contribution < -0.4 is 21.3 Å². The second-order valence-electron chi connectivity index (χ2n) is 3.87. The molecule has 0 spiro atoms. The minimum Gasteiger partial charge on any atom is -0.494 e. The third-order valence-electron chi connectivity index (χ3n) is 2.63. The first kappa shape index (κ1) is 13.8. The Bertz CT molecular complexity index is 634. The first-order valence-corrected chi connectivity index (χ1v) is 5.71. The van der Waals surface area contributed by atoms with Gasteiger partial charge in [0.05, 0.1) is 24.6 Å². The zero-order valence-corrected chi connectivity index (χ0v) is 10.7. The average Bonchev–Trinajstić information content (AvgIpc) is 2.49. The number of benzene rings is 1. The van der Waals surface area contributed by atoms with E-state index < -0.39 is 11.7 Å². The van der Waals surface area contributed by atoms with Crippen molar-refractivity contribution in [2.75, 3.05) is 17.9 Å². The number of carbonyl (C=O) groups excluding carboxylic acids is 1. The number of amides is 1. The number of methoxy groups -OCH3 is 1. The van der Waals surface area contributed by atoms with Crippen LogP contribution >= 0.6 is 0 Å². The van der Waals surface area contributed by atoms with E-state index in [4.69, 9.17) is 10.6 Å². The van der Waals surface area contributed by atoms with Gasteiger partial charge in [-0.3, -0.25) is 15.6 Å². The fourth-order valence-corrected chi connectivity index (χ4v) is 1.64. The van der Waals surface area contributed by atoms with Crippen LogP contribution in [0.4, 0.5) is 15.8 Å². The van der Waals surface area contributed by atoms with E-state index in [1.54, 1.807) is 0 Å². The molecule has 104 valence electrons. The summed E-state index contributed by atoms with van der Waals surface area (Å²) in [7, 11) is 1.35. The molecule has 0 radical (unpaired) electrons. The molecule has 0 aliphatic carbocycles. The van der Waals surface area contributed by atoms with Crippen molar-refractivity contribution >= 4 is 17.3 Å². The lowest BCUT2D eigenvalue weighted by Crippen LogP contribution is -2.17. The Kier molecular flexibility index (Phi) is 4.11. The maximum atomic E-state index is 13.3. The number of carbonyl (C=O) groups is 1. The topological polar surface area (TPSA) is 89.3 Å². The molecule has 0 atom stereocenters. The van der Waals surface area contributed by atoms with Gasteiger partial charge < -0.3 is 15.5 Å². The molecule has 1 heterocycles. The first-order valence-electron chi connectivity index (χ1n) is 5.71. The molecule has 0 saturated heterocycles. The molecule has 2 rings (SSSR count). The van der Waals surface area contributed by atoms with Gasteiger partial charge in [0, 0.05) is 18.0 Å². The third kappa shape index (κ3) is 2.83. The van der Waals surface area contributed by atoms with Gasteiger partial charge in [-0.15, -0.1) is 0 Å². The first-order chi connectivity index (χ1) is 9.65. The summed E-state index contributed by atoms with van der Waals surface area (Å²) in [6, 6.07) is 5.56. The van der Waals surface area contributed by atoms with Crippen molar-refractivity contribution in [3.05, 3.63) is 48.0 Å². The summed E-state index contributed by atoms with van der Waals surface area (Å²) in [5.74, 6) is 4.46. The van der Waals surface area contributed by atoms with Crippen molar-refractivity contribution in [2.24, 2.45) is 5.84 Å². The smallest absolute Gasteiger partial charge is 0.257 e. The number of hydrogen-bond donors (Lipinski definition) is 3. The quantitative estimate of drug-likeness (QED) is 0.585. The van der Waals surface area contributed by atoms with Crippen LogP contribution in [-0.4, -0.2) is 18.0 Å². The number of nitrogens with two attached hydrogens (primary N) is 1. The van der Waals surface area contributed by atoms with Gasteiger partial charge >= 0.3 is 0 Å². The largest absolute Gasteiger partial charge is 0.494 e. The van der Waals surface area contributed by atoms with Gasteiger partial charge in [0.1, 0.15) is 0 Å². The monoisotopic (exact) mass is 276 g/mol. The SMILES string of the molecule is COc1cc(NC(=O)c2ccncc2NN)ccc1F. The van der Waals surface area contributed by atoms with Gasteiger partial charge in [-0.25, -0.2) is 4.39 Å². The van der Waals surface area contributed by atoms with Crippen molar-refractivity contribution < 1.29 is 13.9 Å². The van der Waals surface area contributed by atoms with E-state index >= 15 is 0 Å². The summed E-state index contributed by atoms with van der Waals surface area (Å²) in [5.41, 5.74) is 3.51. The van der Waals surface area contributed by atoms with Gasteiger partial charge in [0.15, 0.2) is 11.6 Å². The number of pyridine rings is 1. The van der Waals surface area contributed by atoms with Crippen LogP contribution in [0.25, 0.3) is 0 Å². The molecule has 0 unspecified atom stereocenters. The van der Waals surface area contributed by atoms with Crippen LogP contribution in [0.5, 0.6) is 5.75 Å². The minimum atomic E-state index is -0.501. The van der Waals surface area contributed by atoms with Gasteiger partial charge in [0.25, 0.3) is 5.91 Å². The Labute approximate surface area is 114 Å². The Morgan fingerprint density at radius 1 is 1.40 bits per heavy atom. The van der Waals surface area contributed by atoms with Gasteiger partial charge in [0.2, 0.25) is 0 Å². The summed E-state index contributed by atoms with van der Waals surface area (Å²) < 4.78 is 18.1. The second-order valence-corrected chi connectivity index (χ2v) is 3.87. The van der Waals surface area contributed by atoms with Crippen molar-refractivity contribution in [3.8, 4) is 5.75 Å². The van der Waals surface area contributed by atoms with Crippen molar-refractivity contribution in [1.82, 2.24) is 4.98 Å². The lowest BCUT2D eigenvalue weighted by molar-refractivity contribution is 0.102. The molecule has 6 nitrogen and oxygen atoms in total. The molecule has 0 bridgehead atoms. The number of nitrogens with one attached hydrogen (secondary N) is 2. The van der Waals surface area contributed by atoms with Crippen molar-refractivity contribution in [3.63, 3.8) is 0 Å². The van der Waals surface area contributed by atoms with Gasteiger partial charge in [-0.2, -0.15) is 0 Å². The minimum absolute atomic E-state index is 0.0506. The highest BCUT2D eigenvalue weighted by Crippen LogP contribution is 2.22. The van der Waals surface area contributed by atoms with Crippen LogP contribution in [0.15, 0.2) is 36.7 Å². The molecular formula is C13H13FN4O2. The molecule has 2 aromatic rings. The summed E-state index contributed by atoms with van der Waals surface area (Å²) in [6.07, 6.45) is 2.90. The number of halogens is 1. The maximum Gasteiger partial charge on any atom is 0.257 e. The van der Waals surface area contributed by atoms with Crippen LogP contribution in [0.2, 0.25) is 0 Å². The average molecular weight is 276 g/mol. The van der Waals surface area contributed by atoms with Gasteiger partial charge in [-0.1, -0.05) is 0 Å². The summed E-state index contributed by atoms with van der Waals surface area (Å²) in [6.45, 7) is 0. The summed E-state index contributed by atoms with van der Waals surface area (Å²) in [5, 5.41) is 2.63. The highest BCUT2D eigenvalue weighted by molar-refractivity contribution is 6.07. The number of aromatic nitrogens is 1. The highest BCUT2D eigenvalue weighted by atomic mass is 19.1. The molecule has 1 aromatic carbocycles. The van der Waals surface area contributed by atoms with Crippen LogP contribution in [-0.2, 0) is 0 Å². The number of rotatable bonds is 4. The fourth-order valence-electron chi connectivity index (χ4n) is 1.64. The predicted octanol–water partition coefficient (Wildman–Crippen LogP) is 1.77. The number of hydrazine groups is 1. The molecule has 7 heteroatoms. The zero-order chi connectivity index (χ0) is 14.5. The molecule has 0 saturated carbocycles. The number of ether oxygens (including phenoxy) is 1. The summed E-state index contributed by atoms with van der Waals surface area (Å²) in [4.78, 5) is 16.0. The Balaban J connectivity index is 2.23. The van der Waals surface area contributed by atoms with Crippen LogP contribution in [0, 0.1) is 5.82 Å². The molecule has 20 heavy (non-hydrogen) atoms. The number of nitrogen functional groups attached to an aromatic ring is 1. The van der Waals surface area contributed by atoms with E-state index in [1.165, 1.54) is 43.8 Å². The number of hydrogen-bond acceptors (Lipinski definition) is 5. The Hall–Kier alpha value is -2.67. The van der Waals surface area contributed by atoms with E-state index in [0.29, 0.717) is 16.9 Å². The van der Waals surface area contributed by atoms with E-state index in [1.807, 2.05) is 0 Å². The van der Waals surface area contributed by atoms with Crippen molar-refractivity contribution in [1.29, 1.82) is 0 Å². The van der Waals surface area contributed by atoms with E-state index in [2.05, 4.69) is 15.7 Å². The maximum absolute atomic E-state index is 13.3. The molecule has 1 amide bonds. The highest BCUT2D eigenvalue weighted by Gasteiger charge is 2.12. The predicted molar refractivity (Wildman–Crippen MR) is 73.0 cm³/mol. The van der Waals surface area contributed by atoms with E-state index in [-0.39, 0.29) is 5.75 Å². The molecule has 0 fully saturated rings. The second kappa shape index (κ2) is 5.98. The molecular weight excluding hydrogens is 263 g/mol. The number of anilines is 2. The van der Waals surface area contributed by atoms with E-state index in [0.717, 1.165) is 0 Å². The fraction of sp³-hybridized carbons (Fsp3) is 0.0769. The molecule has 1 aromatic heterocycles. The Morgan fingerprint density at radius 2 is 2.20 bits per heavy atom. The standard InChI is InChI=1S/C13H13FN4O2/c1-20-12-6-8(2-3-10(12)14)17-13(19)9-4-5-16-7-11(9)18-15/h2-7,18H,15H2,1H3,(H,17,19). The molecule has 4 N–H and O–H groups in total. The molecule has 0 aliphatic heterocycles. The number of nitrogens with zero attached hydrogens (tertiary/aromatic N) is 1. The van der Waals surface area contributed by atoms with Crippen molar-refractivity contribution in [2.45, 2.75) is 0 Å². The third-order valence-corrected chi connectivity index (χ3v) is 2.63. The normalized spacial score (nSPS) is 9.95. The van der Waals surface area contributed by atoms with E-state index in [9.17, 15) is 9.18 Å². The lowest BCUT2D eigenvalue weighted by atomic mass is 10.2.